The zero-order valence-electron chi connectivity index (χ0n) is 15.2. The Kier molecular flexibility index (Phi) is 5.25. The molecule has 0 saturated carbocycles. The third kappa shape index (κ3) is 8.65. The second kappa shape index (κ2) is 6.94. The molecule has 2 atom stereocenters. The SMILES string of the molecule is [2H][C@H](CCNC(=C)N)[C@@]([2H])(NC(C)(C)C)C(=O)C(C)(C)C. The Labute approximate surface area is 121 Å². The highest BCUT2D eigenvalue weighted by molar-refractivity contribution is 5.88. The summed E-state index contributed by atoms with van der Waals surface area (Å²) >= 11 is 0. The van der Waals surface area contributed by atoms with Crippen molar-refractivity contribution in [1.82, 2.24) is 10.6 Å². The lowest BCUT2D eigenvalue weighted by molar-refractivity contribution is -0.129. The average molecular weight is 271 g/mol. The summed E-state index contributed by atoms with van der Waals surface area (Å²) in [5.41, 5.74) is 4.29. The number of ketones is 1. The molecule has 0 saturated heterocycles. The molecule has 0 aliphatic carbocycles. The van der Waals surface area contributed by atoms with Gasteiger partial charge in [-0.25, -0.2) is 0 Å². The van der Waals surface area contributed by atoms with Gasteiger partial charge in [0, 0.05) is 18.9 Å². The first-order valence-corrected chi connectivity index (χ1v) is 6.65. The van der Waals surface area contributed by atoms with Gasteiger partial charge >= 0.3 is 0 Å². The Morgan fingerprint density at radius 3 is 2.26 bits per heavy atom. The molecule has 0 aromatic rings. The molecule has 0 unspecified atom stereocenters. The predicted octanol–water partition coefficient (Wildman–Crippen LogP) is 2.16. The lowest BCUT2D eigenvalue weighted by Gasteiger charge is -2.32. The van der Waals surface area contributed by atoms with Crippen molar-refractivity contribution < 1.29 is 7.54 Å². The molecule has 0 aromatic heterocycles. The monoisotopic (exact) mass is 271 g/mol. The number of carbonyl (C=O) groups excluding carboxylic acids is 1. The van der Waals surface area contributed by atoms with E-state index in [0.29, 0.717) is 18.8 Å². The van der Waals surface area contributed by atoms with Crippen molar-refractivity contribution in [2.45, 2.75) is 65.9 Å². The van der Waals surface area contributed by atoms with Crippen LogP contribution in [0.5, 0.6) is 0 Å². The van der Waals surface area contributed by atoms with Gasteiger partial charge < -0.3 is 16.4 Å². The Bertz CT molecular complexity index is 385. The quantitative estimate of drug-likeness (QED) is 0.664. The van der Waals surface area contributed by atoms with E-state index < -0.39 is 23.4 Å². The second-order valence-electron chi connectivity index (χ2n) is 6.81. The van der Waals surface area contributed by atoms with Crippen molar-refractivity contribution in [1.29, 1.82) is 0 Å². The molecule has 0 bridgehead atoms. The minimum absolute atomic E-state index is 0.281. The van der Waals surface area contributed by atoms with E-state index >= 15 is 0 Å². The molecule has 4 N–H and O–H groups in total. The average Bonchev–Trinajstić information content (AvgIpc) is 2.23. The van der Waals surface area contributed by atoms with E-state index in [-0.39, 0.29) is 5.78 Å². The molecule has 0 amide bonds. The van der Waals surface area contributed by atoms with Gasteiger partial charge in [0.15, 0.2) is 5.78 Å². The van der Waals surface area contributed by atoms with Crippen LogP contribution in [0.3, 0.4) is 0 Å². The van der Waals surface area contributed by atoms with Crippen LogP contribution < -0.4 is 16.4 Å². The summed E-state index contributed by atoms with van der Waals surface area (Å²) in [5.74, 6) is 0.0419. The second-order valence-corrected chi connectivity index (χ2v) is 6.81. The van der Waals surface area contributed by atoms with Crippen LogP contribution in [-0.2, 0) is 4.79 Å². The zero-order valence-corrected chi connectivity index (χ0v) is 13.2. The Hall–Kier alpha value is -1.03. The van der Waals surface area contributed by atoms with Crippen molar-refractivity contribution in [3.05, 3.63) is 12.4 Å². The summed E-state index contributed by atoms with van der Waals surface area (Å²) in [7, 11) is 0. The van der Waals surface area contributed by atoms with Crippen LogP contribution in [0.2, 0.25) is 0 Å². The number of Topliss-reactive ketones (excluding diaryl/α,β-unsaturated/α-hetero) is 1. The first-order chi connectivity index (χ1) is 9.20. The highest BCUT2D eigenvalue weighted by Gasteiger charge is 2.31. The van der Waals surface area contributed by atoms with Crippen molar-refractivity contribution in [3.8, 4) is 0 Å². The summed E-state index contributed by atoms with van der Waals surface area (Å²) in [6, 6.07) is -1.66. The molecule has 0 spiro atoms. The molecular weight excluding hydrogens is 238 g/mol. The molecular formula is C15H31N3O. The van der Waals surface area contributed by atoms with E-state index in [1.807, 2.05) is 20.8 Å². The van der Waals surface area contributed by atoms with Crippen LogP contribution in [0.1, 0.15) is 57.1 Å². The normalized spacial score (nSPS) is 18.8. The number of hydrogen-bond acceptors (Lipinski definition) is 4. The van der Waals surface area contributed by atoms with Gasteiger partial charge in [-0.2, -0.15) is 0 Å². The van der Waals surface area contributed by atoms with Crippen molar-refractivity contribution in [2.24, 2.45) is 11.1 Å². The van der Waals surface area contributed by atoms with Crippen molar-refractivity contribution in [2.75, 3.05) is 6.54 Å². The number of nitrogens with one attached hydrogen (secondary N) is 2. The van der Waals surface area contributed by atoms with E-state index in [4.69, 9.17) is 8.48 Å². The Morgan fingerprint density at radius 1 is 1.37 bits per heavy atom. The van der Waals surface area contributed by atoms with Crippen LogP contribution >= 0.6 is 0 Å². The molecule has 4 heteroatoms. The van der Waals surface area contributed by atoms with E-state index in [2.05, 4.69) is 17.2 Å². The first kappa shape index (κ1) is 14.4. The van der Waals surface area contributed by atoms with Gasteiger partial charge in [-0.3, -0.25) is 4.79 Å². The fraction of sp³-hybridized carbons (Fsp3) is 0.800. The van der Waals surface area contributed by atoms with Crippen LogP contribution in [0, 0.1) is 5.41 Å². The molecule has 4 nitrogen and oxygen atoms in total. The molecule has 112 valence electrons. The van der Waals surface area contributed by atoms with E-state index in [1.165, 1.54) is 0 Å². The minimum atomic E-state index is -1.66. The van der Waals surface area contributed by atoms with Gasteiger partial charge in [0.2, 0.25) is 0 Å². The highest BCUT2D eigenvalue weighted by atomic mass is 16.1. The van der Waals surface area contributed by atoms with E-state index in [9.17, 15) is 4.79 Å². The van der Waals surface area contributed by atoms with Gasteiger partial charge in [0.25, 0.3) is 0 Å². The summed E-state index contributed by atoms with van der Waals surface area (Å²) in [4.78, 5) is 12.7. The minimum Gasteiger partial charge on any atom is -0.386 e. The van der Waals surface area contributed by atoms with Gasteiger partial charge in [-0.05, 0) is 33.6 Å². The molecule has 19 heavy (non-hydrogen) atoms. The van der Waals surface area contributed by atoms with Crippen LogP contribution in [0.4, 0.5) is 0 Å². The summed E-state index contributed by atoms with van der Waals surface area (Å²) in [6.45, 7) is 14.9. The van der Waals surface area contributed by atoms with Gasteiger partial charge in [0.1, 0.15) is 0 Å². The first-order valence-electron chi connectivity index (χ1n) is 7.72. The van der Waals surface area contributed by atoms with Crippen LogP contribution in [0.25, 0.3) is 0 Å². The van der Waals surface area contributed by atoms with Crippen molar-refractivity contribution in [3.63, 3.8) is 0 Å². The van der Waals surface area contributed by atoms with E-state index in [1.54, 1.807) is 20.8 Å². The van der Waals surface area contributed by atoms with Crippen molar-refractivity contribution >= 4 is 5.78 Å². The standard InChI is InChI=1S/C15H31N3O/c1-11(16)17-10-8-9-12(18-15(5,6)7)13(19)14(2,3)4/h12,17-18H,1,8-10,16H2,2-7H3/t12-/m1/s1/i9D,12D/t9-,12-. The maximum absolute atomic E-state index is 12.7. The lowest BCUT2D eigenvalue weighted by Crippen LogP contribution is -2.51. The fourth-order valence-corrected chi connectivity index (χ4v) is 1.46. The zero-order chi connectivity index (χ0) is 17.1. The highest BCUT2D eigenvalue weighted by Crippen LogP contribution is 2.20. The van der Waals surface area contributed by atoms with Crippen LogP contribution in [-0.4, -0.2) is 23.9 Å². The largest absolute Gasteiger partial charge is 0.386 e. The molecule has 0 aromatic carbocycles. The summed E-state index contributed by atoms with van der Waals surface area (Å²) < 4.78 is 16.9. The van der Waals surface area contributed by atoms with Gasteiger partial charge in [-0.1, -0.05) is 27.4 Å². The topological polar surface area (TPSA) is 67.2 Å². The smallest absolute Gasteiger partial charge is 0.155 e. The Balaban J connectivity index is 5.21. The number of hydrogen-bond donors (Lipinski definition) is 3. The number of carbonyl (C=O) groups is 1. The van der Waals surface area contributed by atoms with Gasteiger partial charge in [-0.15, -0.1) is 0 Å². The molecule has 0 rings (SSSR count). The summed E-state index contributed by atoms with van der Waals surface area (Å²) in [6.07, 6.45) is -0.583. The third-order valence-corrected chi connectivity index (χ3v) is 2.28. The molecule has 0 aliphatic rings. The number of rotatable bonds is 7. The molecule has 0 aliphatic heterocycles. The molecule has 0 heterocycles. The maximum Gasteiger partial charge on any atom is 0.155 e. The lowest BCUT2D eigenvalue weighted by atomic mass is 9.84. The summed E-state index contributed by atoms with van der Waals surface area (Å²) in [5, 5.41) is 5.85. The van der Waals surface area contributed by atoms with E-state index in [0.717, 1.165) is 0 Å². The van der Waals surface area contributed by atoms with Crippen LogP contribution in [0.15, 0.2) is 12.4 Å². The fourth-order valence-electron chi connectivity index (χ4n) is 1.46. The maximum atomic E-state index is 12.7. The predicted molar refractivity (Wildman–Crippen MR) is 81.7 cm³/mol. The van der Waals surface area contributed by atoms with Gasteiger partial charge in [0.05, 0.1) is 13.2 Å². The molecule has 0 radical (unpaired) electrons. The molecule has 0 fully saturated rings. The number of nitrogens with two attached hydrogens (primary N) is 1. The third-order valence-electron chi connectivity index (χ3n) is 2.28. The Morgan fingerprint density at radius 2 is 1.89 bits per heavy atom.